The number of nitrogens with zero attached hydrogens (tertiary/aromatic N) is 1. The number of para-hydroxylation sites is 2. The number of hydrogen-bond acceptors (Lipinski definition) is 4. The summed E-state index contributed by atoms with van der Waals surface area (Å²) in [6, 6.07) is 11.2. The number of ether oxygens (including phenoxy) is 2. The first-order chi connectivity index (χ1) is 14.0. The van der Waals surface area contributed by atoms with E-state index in [1.165, 1.54) is 16.0 Å². The fourth-order valence-corrected chi connectivity index (χ4v) is 4.20. The molecule has 0 aromatic heterocycles. The van der Waals surface area contributed by atoms with E-state index < -0.39 is 0 Å². The van der Waals surface area contributed by atoms with Crippen LogP contribution in [0.25, 0.3) is 0 Å². The Hall–Kier alpha value is -3.06. The second kappa shape index (κ2) is 7.75. The van der Waals surface area contributed by atoms with Crippen LogP contribution in [0.15, 0.2) is 36.4 Å². The standard InChI is InChI=1S/C22H25N3O4/c1-14(22(27)25-13-21(26)23-17-6-4-5-7-18(17)25)24-9-8-15-10-19(28-2)20(29-3)11-16(15)12-24/h4-7,10-11,14H,8-9,12-13H2,1-3H3,(H,23,26)/p+1/t14-/m0/s1. The third-order valence-electron chi connectivity index (χ3n) is 5.86. The Morgan fingerprint density at radius 3 is 2.55 bits per heavy atom. The van der Waals surface area contributed by atoms with Gasteiger partial charge in [0.15, 0.2) is 17.5 Å². The fourth-order valence-electron chi connectivity index (χ4n) is 4.20. The van der Waals surface area contributed by atoms with E-state index in [9.17, 15) is 9.59 Å². The molecule has 7 heteroatoms. The van der Waals surface area contributed by atoms with Crippen LogP contribution >= 0.6 is 0 Å². The second-order valence-corrected chi connectivity index (χ2v) is 7.52. The summed E-state index contributed by atoms with van der Waals surface area (Å²) in [7, 11) is 3.26. The second-order valence-electron chi connectivity index (χ2n) is 7.52. The van der Waals surface area contributed by atoms with Crippen molar-refractivity contribution in [2.24, 2.45) is 0 Å². The summed E-state index contributed by atoms with van der Waals surface area (Å²) in [5.74, 6) is 1.23. The summed E-state index contributed by atoms with van der Waals surface area (Å²) >= 11 is 0. The van der Waals surface area contributed by atoms with Crippen molar-refractivity contribution in [3.05, 3.63) is 47.5 Å². The van der Waals surface area contributed by atoms with Crippen LogP contribution in [0.5, 0.6) is 11.5 Å². The summed E-state index contributed by atoms with van der Waals surface area (Å²) in [5.41, 5.74) is 3.83. The molecule has 2 atom stereocenters. The summed E-state index contributed by atoms with van der Waals surface area (Å²) in [4.78, 5) is 28.2. The van der Waals surface area contributed by atoms with E-state index in [2.05, 4.69) is 5.32 Å². The Bertz CT molecular complexity index is 959. The Labute approximate surface area is 170 Å². The van der Waals surface area contributed by atoms with Gasteiger partial charge in [-0.25, -0.2) is 0 Å². The van der Waals surface area contributed by atoms with Gasteiger partial charge in [-0.15, -0.1) is 0 Å². The van der Waals surface area contributed by atoms with Gasteiger partial charge in [0, 0.05) is 12.0 Å². The molecular weight excluding hydrogens is 370 g/mol. The molecule has 4 rings (SSSR count). The van der Waals surface area contributed by atoms with E-state index in [1.807, 2.05) is 43.3 Å². The molecule has 2 heterocycles. The Balaban J connectivity index is 1.56. The molecule has 152 valence electrons. The smallest absolute Gasteiger partial charge is 0.285 e. The molecule has 7 nitrogen and oxygen atoms in total. The summed E-state index contributed by atoms with van der Waals surface area (Å²) in [5, 5.41) is 2.83. The van der Waals surface area contributed by atoms with E-state index in [4.69, 9.17) is 9.47 Å². The monoisotopic (exact) mass is 396 g/mol. The van der Waals surface area contributed by atoms with Crippen molar-refractivity contribution in [2.75, 3.05) is 37.5 Å². The third kappa shape index (κ3) is 3.53. The van der Waals surface area contributed by atoms with Crippen LogP contribution in [0.3, 0.4) is 0 Å². The number of rotatable bonds is 4. The van der Waals surface area contributed by atoms with Crippen LogP contribution in [-0.4, -0.2) is 45.2 Å². The highest BCUT2D eigenvalue weighted by Gasteiger charge is 2.36. The average Bonchev–Trinajstić information content (AvgIpc) is 2.75. The number of hydrogen-bond donors (Lipinski definition) is 2. The van der Waals surface area contributed by atoms with Crippen molar-refractivity contribution in [3.63, 3.8) is 0 Å². The normalized spacial score (nSPS) is 18.9. The molecule has 2 amide bonds. The van der Waals surface area contributed by atoms with E-state index in [1.54, 1.807) is 19.1 Å². The van der Waals surface area contributed by atoms with Gasteiger partial charge in [0.1, 0.15) is 13.1 Å². The largest absolute Gasteiger partial charge is 0.493 e. The number of nitrogens with one attached hydrogen (secondary N) is 2. The van der Waals surface area contributed by atoms with Crippen molar-refractivity contribution in [1.82, 2.24) is 0 Å². The molecule has 2 N–H and O–H groups in total. The number of amides is 2. The molecule has 2 aliphatic rings. The first-order valence-electron chi connectivity index (χ1n) is 9.80. The summed E-state index contributed by atoms with van der Waals surface area (Å²) in [6.45, 7) is 3.56. The maximum absolute atomic E-state index is 13.3. The molecule has 0 radical (unpaired) electrons. The van der Waals surface area contributed by atoms with Crippen LogP contribution in [0.1, 0.15) is 18.1 Å². The van der Waals surface area contributed by atoms with Gasteiger partial charge in [-0.2, -0.15) is 0 Å². The highest BCUT2D eigenvalue weighted by molar-refractivity contribution is 6.10. The topological polar surface area (TPSA) is 72.3 Å². The summed E-state index contributed by atoms with van der Waals surface area (Å²) < 4.78 is 10.8. The maximum Gasteiger partial charge on any atom is 0.285 e. The average molecular weight is 396 g/mol. The van der Waals surface area contributed by atoms with Gasteiger partial charge >= 0.3 is 0 Å². The number of anilines is 2. The minimum atomic E-state index is -0.268. The number of benzene rings is 2. The Morgan fingerprint density at radius 1 is 1.14 bits per heavy atom. The van der Waals surface area contributed by atoms with Gasteiger partial charge in [-0.1, -0.05) is 12.1 Å². The molecule has 0 saturated carbocycles. The van der Waals surface area contributed by atoms with Gasteiger partial charge in [0.2, 0.25) is 5.91 Å². The molecule has 0 spiro atoms. The number of methoxy groups -OCH3 is 2. The van der Waals surface area contributed by atoms with E-state index >= 15 is 0 Å². The first-order valence-corrected chi connectivity index (χ1v) is 9.80. The molecule has 2 aromatic carbocycles. The number of fused-ring (bicyclic) bond motifs is 2. The number of quaternary nitrogens is 1. The quantitative estimate of drug-likeness (QED) is 0.810. The molecule has 0 fully saturated rings. The zero-order chi connectivity index (χ0) is 20.5. The Morgan fingerprint density at radius 2 is 1.83 bits per heavy atom. The van der Waals surface area contributed by atoms with Crippen molar-refractivity contribution in [3.8, 4) is 11.5 Å². The highest BCUT2D eigenvalue weighted by Crippen LogP contribution is 2.32. The molecule has 0 bridgehead atoms. The SMILES string of the molecule is COc1cc2c(cc1OC)C[NH+]([C@@H](C)C(=O)N1CC(=O)Nc3ccccc31)CC2. The molecule has 2 aliphatic heterocycles. The van der Waals surface area contributed by atoms with Gasteiger partial charge in [-0.3, -0.25) is 14.5 Å². The molecule has 2 aromatic rings. The first kappa shape index (κ1) is 19.3. The molecule has 29 heavy (non-hydrogen) atoms. The predicted molar refractivity (Wildman–Crippen MR) is 110 cm³/mol. The number of carbonyl (C=O) groups excluding carboxylic acids is 2. The minimum absolute atomic E-state index is 0.0359. The lowest BCUT2D eigenvalue weighted by Crippen LogP contribution is -3.16. The van der Waals surface area contributed by atoms with Crippen LogP contribution in [0, 0.1) is 0 Å². The van der Waals surface area contributed by atoms with E-state index in [0.717, 1.165) is 30.9 Å². The van der Waals surface area contributed by atoms with Gasteiger partial charge in [0.25, 0.3) is 5.91 Å². The molecule has 0 aliphatic carbocycles. The lowest BCUT2D eigenvalue weighted by molar-refractivity contribution is -0.929. The van der Waals surface area contributed by atoms with E-state index in [-0.39, 0.29) is 24.4 Å². The molecular formula is C22H26N3O4+. The highest BCUT2D eigenvalue weighted by atomic mass is 16.5. The van der Waals surface area contributed by atoms with Crippen molar-refractivity contribution < 1.29 is 24.0 Å². The molecule has 1 unspecified atom stereocenters. The van der Waals surface area contributed by atoms with Crippen LogP contribution < -0.4 is 24.6 Å². The zero-order valence-electron chi connectivity index (χ0n) is 17.0. The predicted octanol–water partition coefficient (Wildman–Crippen LogP) is 1.02. The van der Waals surface area contributed by atoms with Gasteiger partial charge < -0.3 is 19.7 Å². The summed E-state index contributed by atoms with van der Waals surface area (Å²) in [6.07, 6.45) is 0.861. The lowest BCUT2D eigenvalue weighted by atomic mass is 9.97. The van der Waals surface area contributed by atoms with Gasteiger partial charge in [0.05, 0.1) is 32.1 Å². The zero-order valence-corrected chi connectivity index (χ0v) is 17.0. The lowest BCUT2D eigenvalue weighted by Gasteiger charge is -2.35. The minimum Gasteiger partial charge on any atom is -0.493 e. The van der Waals surface area contributed by atoms with Crippen molar-refractivity contribution in [1.29, 1.82) is 0 Å². The van der Waals surface area contributed by atoms with Gasteiger partial charge in [-0.05, 0) is 36.8 Å². The van der Waals surface area contributed by atoms with Crippen LogP contribution in [0.2, 0.25) is 0 Å². The third-order valence-corrected chi connectivity index (χ3v) is 5.86. The van der Waals surface area contributed by atoms with E-state index in [0.29, 0.717) is 11.4 Å². The van der Waals surface area contributed by atoms with Crippen molar-refractivity contribution in [2.45, 2.75) is 25.9 Å². The van der Waals surface area contributed by atoms with Crippen molar-refractivity contribution >= 4 is 23.2 Å². The maximum atomic E-state index is 13.3. The van der Waals surface area contributed by atoms with Crippen LogP contribution in [0.4, 0.5) is 11.4 Å². The van der Waals surface area contributed by atoms with Crippen LogP contribution in [-0.2, 0) is 22.6 Å². The fraction of sp³-hybridized carbons (Fsp3) is 0.364. The Kier molecular flexibility index (Phi) is 5.15. The number of carbonyl (C=O) groups is 2. The molecule has 0 saturated heterocycles.